The van der Waals surface area contributed by atoms with E-state index in [4.69, 9.17) is 20.5 Å². The van der Waals surface area contributed by atoms with Crippen molar-refractivity contribution < 1.29 is 13.7 Å². The highest BCUT2D eigenvalue weighted by atomic mass is 127. The summed E-state index contributed by atoms with van der Waals surface area (Å²) in [5.74, 6) is -0.450. The molecule has 0 bridgehead atoms. The van der Waals surface area contributed by atoms with E-state index in [9.17, 15) is 4.79 Å². The van der Waals surface area contributed by atoms with Crippen LogP contribution in [0.3, 0.4) is 0 Å². The van der Waals surface area contributed by atoms with Crippen molar-refractivity contribution in [3.8, 4) is 0 Å². The quantitative estimate of drug-likeness (QED) is 0.235. The highest BCUT2D eigenvalue weighted by molar-refractivity contribution is 14.2. The highest BCUT2D eigenvalue weighted by Gasteiger charge is 2.21. The van der Waals surface area contributed by atoms with Crippen LogP contribution in [-0.4, -0.2) is 23.2 Å². The molecule has 0 aliphatic rings. The molecule has 1 aromatic rings. The van der Waals surface area contributed by atoms with Crippen molar-refractivity contribution in [3.63, 3.8) is 0 Å². The molecule has 1 heterocycles. The zero-order valence-corrected chi connectivity index (χ0v) is 16.5. The number of carbonyl (C=O) groups is 1. The van der Waals surface area contributed by atoms with Gasteiger partial charge in [-0.25, -0.2) is 9.78 Å². The Bertz CT molecular complexity index is 532. The summed E-state index contributed by atoms with van der Waals surface area (Å²) < 4.78 is 10.5. The van der Waals surface area contributed by atoms with Crippen LogP contribution in [-0.2, 0) is 8.92 Å². The Kier molecular flexibility index (Phi) is 8.74. The number of ether oxygens (including phenoxy) is 1. The first kappa shape index (κ1) is 19.7. The maximum absolute atomic E-state index is 12.2. The predicted molar refractivity (Wildman–Crippen MR) is 100 cm³/mol. The average Bonchev–Trinajstić information content (AvgIpc) is 2.40. The minimum Gasteiger partial charge on any atom is -0.455 e. The molecule has 0 aliphatic heterocycles. The maximum atomic E-state index is 12.2. The Labute approximate surface area is 152 Å². The topological polar surface area (TPSA) is 48.4 Å². The van der Waals surface area contributed by atoms with Crippen molar-refractivity contribution in [2.24, 2.45) is 0 Å². The number of pyridine rings is 1. The van der Waals surface area contributed by atoms with Crippen LogP contribution >= 0.6 is 42.0 Å². The molecule has 0 spiro atoms. The van der Waals surface area contributed by atoms with Gasteiger partial charge in [-0.05, 0) is 39.7 Å². The van der Waals surface area contributed by atoms with Gasteiger partial charge in [0.25, 0.3) is 0 Å². The van der Waals surface area contributed by atoms with Crippen molar-refractivity contribution in [1.29, 1.82) is 0 Å². The smallest absolute Gasteiger partial charge is 0.358 e. The van der Waals surface area contributed by atoms with E-state index in [1.54, 1.807) is 6.07 Å². The summed E-state index contributed by atoms with van der Waals surface area (Å²) in [7, 11) is 1.33. The van der Waals surface area contributed by atoms with Crippen molar-refractivity contribution in [2.75, 3.05) is 6.61 Å². The van der Waals surface area contributed by atoms with E-state index >= 15 is 0 Å². The number of hydrogen-bond acceptors (Lipinski definition) is 5. The summed E-state index contributed by atoms with van der Waals surface area (Å²) in [5.41, 5.74) is 0.369. The monoisotopic (exact) mass is 455 g/mol. The van der Waals surface area contributed by atoms with Gasteiger partial charge in [-0.15, -0.1) is 0 Å². The van der Waals surface area contributed by atoms with Crippen LogP contribution in [0.2, 0.25) is 5.02 Å². The van der Waals surface area contributed by atoms with Crippen LogP contribution in [0.15, 0.2) is 18.3 Å². The third kappa shape index (κ3) is 7.80. The first-order valence-corrected chi connectivity index (χ1v) is 10.5. The van der Waals surface area contributed by atoms with E-state index in [-0.39, 0.29) is 5.69 Å². The molecular formula is C15H19ClINO3S. The first-order valence-electron chi connectivity index (χ1n) is 6.79. The van der Waals surface area contributed by atoms with Crippen LogP contribution in [0.1, 0.15) is 49.7 Å². The number of carbonyl (C=O) groups excluding carboxylic acids is 1. The number of esters is 1. The van der Waals surface area contributed by atoms with Crippen molar-refractivity contribution in [1.82, 2.24) is 4.98 Å². The van der Waals surface area contributed by atoms with Crippen molar-refractivity contribution in [2.45, 2.75) is 39.2 Å². The van der Waals surface area contributed by atoms with Crippen LogP contribution in [0.4, 0.5) is 0 Å². The average molecular weight is 456 g/mol. The standard InChI is InChI=1S/C15H19ClINO3S/c1-15(2,3)21-14(19)13-11(9-12(16)10-18-13)7-5-4-6-8-20-22-17/h5,7,9-10H,4,6,8H2,1-3H3/b7-5+. The fourth-order valence-corrected chi connectivity index (χ4v) is 2.47. The zero-order chi connectivity index (χ0) is 16.6. The second-order valence-corrected chi connectivity index (χ2v) is 7.40. The molecule has 0 aromatic carbocycles. The summed E-state index contributed by atoms with van der Waals surface area (Å²) >= 11 is 8.05. The Hall–Kier alpha value is -0.310. The van der Waals surface area contributed by atoms with E-state index < -0.39 is 11.6 Å². The Morgan fingerprint density at radius 2 is 2.23 bits per heavy atom. The normalized spacial score (nSPS) is 11.9. The number of rotatable bonds is 7. The molecule has 0 atom stereocenters. The van der Waals surface area contributed by atoms with Crippen LogP contribution in [0, 0.1) is 0 Å². The number of allylic oxidation sites excluding steroid dienone is 1. The van der Waals surface area contributed by atoms with E-state index in [1.807, 2.05) is 32.9 Å². The van der Waals surface area contributed by atoms with Gasteiger partial charge in [-0.1, -0.05) is 23.8 Å². The van der Waals surface area contributed by atoms with Gasteiger partial charge in [0.1, 0.15) is 5.60 Å². The summed E-state index contributed by atoms with van der Waals surface area (Å²) in [5, 5.41) is 0.483. The van der Waals surface area contributed by atoms with E-state index in [2.05, 4.69) is 26.2 Å². The van der Waals surface area contributed by atoms with Crippen molar-refractivity contribution >= 4 is 54.1 Å². The molecule has 0 aliphatic carbocycles. The largest absolute Gasteiger partial charge is 0.455 e. The van der Waals surface area contributed by atoms with Crippen molar-refractivity contribution in [3.05, 3.63) is 34.6 Å². The summed E-state index contributed by atoms with van der Waals surface area (Å²) in [6, 6.07) is 1.71. The summed E-state index contributed by atoms with van der Waals surface area (Å²) in [6.45, 7) is 6.15. The number of hydrogen-bond donors (Lipinski definition) is 0. The van der Waals surface area contributed by atoms with Gasteiger partial charge in [-0.3, -0.25) is 0 Å². The van der Waals surface area contributed by atoms with E-state index in [1.165, 1.54) is 15.4 Å². The summed E-state index contributed by atoms with van der Waals surface area (Å²) in [6.07, 6.45) is 7.01. The van der Waals surface area contributed by atoms with Gasteiger partial charge in [0.2, 0.25) is 0 Å². The molecule has 0 saturated heterocycles. The zero-order valence-electron chi connectivity index (χ0n) is 12.8. The molecule has 0 saturated carbocycles. The maximum Gasteiger partial charge on any atom is 0.358 e. The molecule has 7 heteroatoms. The van der Waals surface area contributed by atoms with Crippen LogP contribution in [0.5, 0.6) is 0 Å². The molecule has 0 amide bonds. The first-order chi connectivity index (χ1) is 10.3. The molecule has 1 rings (SSSR count). The highest BCUT2D eigenvalue weighted by Crippen LogP contribution is 2.19. The Morgan fingerprint density at radius 3 is 2.86 bits per heavy atom. The van der Waals surface area contributed by atoms with Gasteiger partial charge in [0, 0.05) is 33.0 Å². The molecule has 0 unspecified atom stereocenters. The second-order valence-electron chi connectivity index (χ2n) is 5.52. The molecule has 4 nitrogen and oxygen atoms in total. The van der Waals surface area contributed by atoms with Crippen LogP contribution in [0.25, 0.3) is 6.08 Å². The number of nitrogens with zero attached hydrogens (tertiary/aromatic N) is 1. The lowest BCUT2D eigenvalue weighted by Crippen LogP contribution is -2.25. The SMILES string of the molecule is CC(C)(C)OC(=O)c1ncc(Cl)cc1/C=C/CCCOSI. The lowest BCUT2D eigenvalue weighted by molar-refractivity contribution is 0.00626. The molecule has 122 valence electrons. The third-order valence-electron chi connectivity index (χ3n) is 2.42. The minimum atomic E-state index is -0.562. The molecule has 0 radical (unpaired) electrons. The van der Waals surface area contributed by atoms with Gasteiger partial charge in [0.15, 0.2) is 5.69 Å². The minimum absolute atomic E-state index is 0.273. The molecule has 22 heavy (non-hydrogen) atoms. The predicted octanol–water partition coefficient (Wildman–Crippen LogP) is 5.50. The molecule has 0 N–H and O–H groups in total. The van der Waals surface area contributed by atoms with E-state index in [0.29, 0.717) is 17.2 Å². The fraction of sp³-hybridized carbons (Fsp3) is 0.467. The number of halogens is 2. The second kappa shape index (κ2) is 9.75. The Morgan fingerprint density at radius 1 is 1.50 bits per heavy atom. The number of aromatic nitrogens is 1. The van der Waals surface area contributed by atoms with E-state index in [0.717, 1.165) is 12.8 Å². The lowest BCUT2D eigenvalue weighted by atomic mass is 10.1. The van der Waals surface area contributed by atoms with Gasteiger partial charge < -0.3 is 8.92 Å². The molecule has 1 aromatic heterocycles. The molecule has 0 fully saturated rings. The van der Waals surface area contributed by atoms with Crippen LogP contribution < -0.4 is 0 Å². The van der Waals surface area contributed by atoms with Gasteiger partial charge in [0.05, 0.1) is 20.8 Å². The Balaban J connectivity index is 2.78. The number of unbranched alkanes of at least 4 members (excludes halogenated alkanes) is 1. The fourth-order valence-electron chi connectivity index (χ4n) is 1.58. The van der Waals surface area contributed by atoms with Gasteiger partial charge >= 0.3 is 5.97 Å². The third-order valence-corrected chi connectivity index (χ3v) is 3.64. The molecular weight excluding hydrogens is 437 g/mol. The summed E-state index contributed by atoms with van der Waals surface area (Å²) in [4.78, 5) is 16.3. The van der Waals surface area contributed by atoms with Gasteiger partial charge in [-0.2, -0.15) is 0 Å². The lowest BCUT2D eigenvalue weighted by Gasteiger charge is -2.19.